The summed E-state index contributed by atoms with van der Waals surface area (Å²) in [6.07, 6.45) is 0.371. The summed E-state index contributed by atoms with van der Waals surface area (Å²) in [6.45, 7) is 3.58. The van der Waals surface area contributed by atoms with Crippen molar-refractivity contribution in [3.63, 3.8) is 0 Å². The van der Waals surface area contributed by atoms with Gasteiger partial charge in [0.05, 0.1) is 16.4 Å². The van der Waals surface area contributed by atoms with E-state index in [2.05, 4.69) is 0 Å². The van der Waals surface area contributed by atoms with Crippen LogP contribution in [-0.2, 0) is 4.74 Å². The monoisotopic (exact) mass is 285 g/mol. The predicted octanol–water partition coefficient (Wildman–Crippen LogP) is 2.99. The van der Waals surface area contributed by atoms with Gasteiger partial charge in [-0.3, -0.25) is 10.1 Å². The van der Waals surface area contributed by atoms with Crippen molar-refractivity contribution in [2.24, 2.45) is 0 Å². The summed E-state index contributed by atoms with van der Waals surface area (Å²) < 4.78 is 11.0. The number of methoxy groups -OCH3 is 1. The van der Waals surface area contributed by atoms with Gasteiger partial charge in [-0.05, 0) is 25.5 Å². The number of ether oxygens (including phenoxy) is 2. The standard InChI is InChI=1S/C13H16ClNO4/c1-7-4-8(2)11(6-10(7)15(16)17)19-12-5-9(14)13(12)18-3/h4,6,9,12-13H,5H2,1-3H3. The van der Waals surface area contributed by atoms with E-state index >= 15 is 0 Å². The van der Waals surface area contributed by atoms with Crippen molar-refractivity contribution in [1.29, 1.82) is 0 Å². The lowest BCUT2D eigenvalue weighted by atomic mass is 9.91. The molecule has 2 rings (SSSR count). The Kier molecular flexibility index (Phi) is 3.96. The molecule has 6 heteroatoms. The van der Waals surface area contributed by atoms with Crippen LogP contribution in [0.1, 0.15) is 17.5 Å². The van der Waals surface area contributed by atoms with E-state index in [1.165, 1.54) is 6.07 Å². The van der Waals surface area contributed by atoms with E-state index in [4.69, 9.17) is 21.1 Å². The van der Waals surface area contributed by atoms with Crippen LogP contribution in [0.2, 0.25) is 0 Å². The van der Waals surface area contributed by atoms with E-state index in [9.17, 15) is 10.1 Å². The van der Waals surface area contributed by atoms with Crippen LogP contribution in [-0.4, -0.2) is 29.6 Å². The first-order chi connectivity index (χ1) is 8.93. The van der Waals surface area contributed by atoms with Crippen LogP contribution in [0.4, 0.5) is 5.69 Å². The molecule has 0 aliphatic heterocycles. The molecule has 1 saturated carbocycles. The lowest BCUT2D eigenvalue weighted by molar-refractivity contribution is -0.385. The largest absolute Gasteiger partial charge is 0.487 e. The molecular weight excluding hydrogens is 270 g/mol. The number of benzene rings is 1. The number of nitro groups is 1. The van der Waals surface area contributed by atoms with Gasteiger partial charge in [-0.15, -0.1) is 11.6 Å². The van der Waals surface area contributed by atoms with E-state index < -0.39 is 4.92 Å². The summed E-state index contributed by atoms with van der Waals surface area (Å²) in [7, 11) is 1.58. The first-order valence-electron chi connectivity index (χ1n) is 6.03. The Morgan fingerprint density at radius 1 is 1.37 bits per heavy atom. The minimum Gasteiger partial charge on any atom is -0.487 e. The number of aryl methyl sites for hydroxylation is 2. The summed E-state index contributed by atoms with van der Waals surface area (Å²) >= 11 is 6.01. The zero-order valence-electron chi connectivity index (χ0n) is 11.1. The van der Waals surface area contributed by atoms with Crippen molar-refractivity contribution in [1.82, 2.24) is 0 Å². The molecule has 3 atom stereocenters. The Hall–Kier alpha value is -1.33. The number of halogens is 1. The van der Waals surface area contributed by atoms with Crippen LogP contribution < -0.4 is 4.74 Å². The molecule has 3 unspecified atom stereocenters. The van der Waals surface area contributed by atoms with Crippen LogP contribution in [0.3, 0.4) is 0 Å². The SMILES string of the molecule is COC1C(Cl)CC1Oc1cc([N+](=O)[O-])c(C)cc1C. The Morgan fingerprint density at radius 3 is 2.58 bits per heavy atom. The molecule has 19 heavy (non-hydrogen) atoms. The molecular formula is C13H16ClNO4. The smallest absolute Gasteiger partial charge is 0.276 e. The quantitative estimate of drug-likeness (QED) is 0.485. The van der Waals surface area contributed by atoms with E-state index in [1.807, 2.05) is 6.92 Å². The molecule has 1 aromatic carbocycles. The molecule has 0 radical (unpaired) electrons. The van der Waals surface area contributed by atoms with Gasteiger partial charge in [0.1, 0.15) is 18.0 Å². The molecule has 0 bridgehead atoms. The first-order valence-corrected chi connectivity index (χ1v) is 6.47. The number of nitrogens with zero attached hydrogens (tertiary/aromatic N) is 1. The van der Waals surface area contributed by atoms with Crippen LogP contribution in [0.5, 0.6) is 5.75 Å². The number of rotatable bonds is 4. The highest BCUT2D eigenvalue weighted by atomic mass is 35.5. The second-order valence-electron chi connectivity index (χ2n) is 4.77. The maximum absolute atomic E-state index is 10.9. The van der Waals surface area contributed by atoms with Gasteiger partial charge in [0, 0.05) is 19.1 Å². The fourth-order valence-corrected chi connectivity index (χ4v) is 2.69. The lowest BCUT2D eigenvalue weighted by Crippen LogP contribution is -2.52. The molecule has 1 aromatic rings. The molecule has 5 nitrogen and oxygen atoms in total. The van der Waals surface area contributed by atoms with Crippen LogP contribution in [0, 0.1) is 24.0 Å². The van der Waals surface area contributed by atoms with Gasteiger partial charge in [-0.25, -0.2) is 0 Å². The summed E-state index contributed by atoms with van der Waals surface area (Å²) in [5, 5.41) is 10.9. The van der Waals surface area contributed by atoms with Gasteiger partial charge >= 0.3 is 0 Å². The fraction of sp³-hybridized carbons (Fsp3) is 0.538. The Morgan fingerprint density at radius 2 is 2.05 bits per heavy atom. The summed E-state index contributed by atoms with van der Waals surface area (Å²) in [4.78, 5) is 10.5. The van der Waals surface area contributed by atoms with Gasteiger partial charge in [0.2, 0.25) is 0 Å². The molecule has 0 amide bonds. The van der Waals surface area contributed by atoms with Crippen molar-refractivity contribution in [2.45, 2.75) is 37.9 Å². The molecule has 0 N–H and O–H groups in total. The summed E-state index contributed by atoms with van der Waals surface area (Å²) in [6, 6.07) is 3.23. The Balaban J connectivity index is 2.21. The highest BCUT2D eigenvalue weighted by Crippen LogP contribution is 2.35. The van der Waals surface area contributed by atoms with Crippen molar-refractivity contribution in [3.05, 3.63) is 33.4 Å². The number of hydrogen-bond acceptors (Lipinski definition) is 4. The molecule has 0 aromatic heterocycles. The normalized spacial score (nSPS) is 25.8. The highest BCUT2D eigenvalue weighted by molar-refractivity contribution is 6.21. The molecule has 104 valence electrons. The van der Waals surface area contributed by atoms with Gasteiger partial charge in [0.25, 0.3) is 5.69 Å². The second kappa shape index (κ2) is 5.35. The summed E-state index contributed by atoms with van der Waals surface area (Å²) in [5.41, 5.74) is 1.56. The zero-order chi connectivity index (χ0) is 14.2. The van der Waals surface area contributed by atoms with E-state index in [1.54, 1.807) is 20.1 Å². The third kappa shape index (κ3) is 2.67. The molecule has 1 aliphatic rings. The maximum Gasteiger partial charge on any atom is 0.276 e. The number of alkyl halides is 1. The Bertz CT molecular complexity index is 506. The van der Waals surface area contributed by atoms with E-state index in [0.717, 1.165) is 5.56 Å². The Labute approximate surface area is 116 Å². The number of hydrogen-bond donors (Lipinski definition) is 0. The van der Waals surface area contributed by atoms with Crippen LogP contribution in [0.15, 0.2) is 12.1 Å². The second-order valence-corrected chi connectivity index (χ2v) is 5.33. The van der Waals surface area contributed by atoms with Crippen molar-refractivity contribution >= 4 is 17.3 Å². The van der Waals surface area contributed by atoms with Crippen molar-refractivity contribution in [2.75, 3.05) is 7.11 Å². The minimum absolute atomic E-state index is 0.0595. The summed E-state index contributed by atoms with van der Waals surface area (Å²) in [5.74, 6) is 0.521. The predicted molar refractivity (Wildman–Crippen MR) is 72.0 cm³/mol. The van der Waals surface area contributed by atoms with E-state index in [-0.39, 0.29) is 23.3 Å². The third-order valence-corrected chi connectivity index (χ3v) is 3.85. The fourth-order valence-electron chi connectivity index (χ4n) is 2.25. The zero-order valence-corrected chi connectivity index (χ0v) is 11.8. The van der Waals surface area contributed by atoms with Crippen LogP contribution in [0.25, 0.3) is 0 Å². The van der Waals surface area contributed by atoms with Gasteiger partial charge in [0.15, 0.2) is 0 Å². The van der Waals surface area contributed by atoms with Crippen molar-refractivity contribution < 1.29 is 14.4 Å². The van der Waals surface area contributed by atoms with Crippen LogP contribution >= 0.6 is 11.6 Å². The van der Waals surface area contributed by atoms with Gasteiger partial charge < -0.3 is 9.47 Å². The molecule has 1 aliphatic carbocycles. The lowest BCUT2D eigenvalue weighted by Gasteiger charge is -2.39. The van der Waals surface area contributed by atoms with Gasteiger partial charge in [-0.2, -0.15) is 0 Å². The molecule has 0 saturated heterocycles. The number of nitro benzene ring substituents is 1. The molecule has 1 fully saturated rings. The minimum atomic E-state index is -0.402. The maximum atomic E-state index is 10.9. The molecule has 0 heterocycles. The third-order valence-electron chi connectivity index (χ3n) is 3.42. The topological polar surface area (TPSA) is 61.6 Å². The molecule has 0 spiro atoms. The first kappa shape index (κ1) is 14.1. The van der Waals surface area contributed by atoms with E-state index in [0.29, 0.717) is 17.7 Å². The average Bonchev–Trinajstić information content (AvgIpc) is 2.31. The van der Waals surface area contributed by atoms with Gasteiger partial charge in [-0.1, -0.05) is 0 Å². The van der Waals surface area contributed by atoms with Crippen molar-refractivity contribution in [3.8, 4) is 5.75 Å². The highest BCUT2D eigenvalue weighted by Gasteiger charge is 2.42. The average molecular weight is 286 g/mol.